The summed E-state index contributed by atoms with van der Waals surface area (Å²) in [4.78, 5) is 0.388. The Bertz CT molecular complexity index is 1430. The van der Waals surface area contributed by atoms with Crippen LogP contribution in [0.25, 0.3) is 24.3 Å². The molecule has 0 radical (unpaired) electrons. The van der Waals surface area contributed by atoms with Gasteiger partial charge in [0.1, 0.15) is 0 Å². The van der Waals surface area contributed by atoms with Crippen LogP contribution in [0.3, 0.4) is 0 Å². The molecule has 0 amide bonds. The quantitative estimate of drug-likeness (QED) is 0.182. The number of rotatable bonds is 8. The van der Waals surface area contributed by atoms with E-state index < -0.39 is 9.84 Å². The molecule has 0 aliphatic rings. The number of hydrogen-bond acceptors (Lipinski definition) is 2. The molecule has 184 valence electrons. The summed E-state index contributed by atoms with van der Waals surface area (Å²) >= 11 is 6.89. The first-order valence-electron chi connectivity index (χ1n) is 11.6. The highest BCUT2D eigenvalue weighted by atomic mass is 79.9. The maximum Gasteiger partial charge on any atom is 0.206 e. The summed E-state index contributed by atoms with van der Waals surface area (Å²) in [6, 6.07) is 34.4. The van der Waals surface area contributed by atoms with Crippen LogP contribution in [0.5, 0.6) is 0 Å². The lowest BCUT2D eigenvalue weighted by Gasteiger charge is -2.09. The predicted octanol–water partition coefficient (Wildman–Crippen LogP) is 9.44. The molecule has 0 unspecified atom stereocenters. The van der Waals surface area contributed by atoms with Gasteiger partial charge in [-0.15, -0.1) is 0 Å². The second-order valence-electron chi connectivity index (χ2n) is 8.19. The highest BCUT2D eigenvalue weighted by molar-refractivity contribution is 9.10. The summed E-state index contributed by atoms with van der Waals surface area (Å²) in [5.74, 6) is 0. The van der Waals surface area contributed by atoms with Crippen LogP contribution in [0.1, 0.15) is 22.3 Å². The van der Waals surface area contributed by atoms with Crippen molar-refractivity contribution < 1.29 is 8.42 Å². The maximum atomic E-state index is 14.2. The molecular formula is C32H24Br2O2S. The van der Waals surface area contributed by atoms with Gasteiger partial charge in [0.25, 0.3) is 0 Å². The molecule has 37 heavy (non-hydrogen) atoms. The molecular weight excluding hydrogens is 608 g/mol. The average Bonchev–Trinajstić information content (AvgIpc) is 2.92. The van der Waals surface area contributed by atoms with E-state index in [4.69, 9.17) is 0 Å². The number of hydrogen-bond donors (Lipinski definition) is 0. The van der Waals surface area contributed by atoms with Crippen molar-refractivity contribution in [1.29, 1.82) is 0 Å². The summed E-state index contributed by atoms with van der Waals surface area (Å²) in [6.45, 7) is 0. The van der Waals surface area contributed by atoms with Gasteiger partial charge in [-0.2, -0.15) is 0 Å². The van der Waals surface area contributed by atoms with Crippen molar-refractivity contribution in [3.63, 3.8) is 0 Å². The maximum absolute atomic E-state index is 14.2. The normalized spacial score (nSPS) is 12.9. The SMILES string of the molecule is O=S(=O)(C(C=Cc1ccccc1)=Cc1ccc(Br)cc1)C(C=Cc1ccccc1)=Cc1ccc(Br)cc1. The van der Waals surface area contributed by atoms with Gasteiger partial charge in [0.15, 0.2) is 0 Å². The zero-order valence-corrected chi connectivity index (χ0v) is 23.8. The molecule has 0 aliphatic carbocycles. The van der Waals surface area contributed by atoms with E-state index in [0.29, 0.717) is 0 Å². The molecule has 2 nitrogen and oxygen atoms in total. The minimum absolute atomic E-state index is 0.194. The van der Waals surface area contributed by atoms with Crippen molar-refractivity contribution in [3.8, 4) is 0 Å². The fraction of sp³-hybridized carbons (Fsp3) is 0. The second kappa shape index (κ2) is 12.8. The highest BCUT2D eigenvalue weighted by Crippen LogP contribution is 2.27. The van der Waals surface area contributed by atoms with Gasteiger partial charge in [0.05, 0.1) is 9.81 Å². The predicted molar refractivity (Wildman–Crippen MR) is 164 cm³/mol. The third-order valence-electron chi connectivity index (χ3n) is 5.46. The van der Waals surface area contributed by atoms with Gasteiger partial charge in [-0.3, -0.25) is 0 Å². The van der Waals surface area contributed by atoms with Crippen LogP contribution in [-0.2, 0) is 9.84 Å². The number of benzene rings is 4. The fourth-order valence-corrected chi connectivity index (χ4v) is 5.38. The number of halogens is 2. The van der Waals surface area contributed by atoms with Crippen LogP contribution in [0.4, 0.5) is 0 Å². The van der Waals surface area contributed by atoms with Gasteiger partial charge < -0.3 is 0 Å². The van der Waals surface area contributed by atoms with Crippen LogP contribution in [0, 0.1) is 0 Å². The Labute approximate surface area is 235 Å². The Balaban J connectivity index is 1.84. The zero-order chi connectivity index (χ0) is 26.1. The lowest BCUT2D eigenvalue weighted by molar-refractivity contribution is 0.610. The van der Waals surface area contributed by atoms with Gasteiger partial charge in [0, 0.05) is 8.95 Å². The first-order chi connectivity index (χ1) is 17.9. The molecule has 4 aromatic rings. The standard InChI is InChI=1S/C32H24Br2O2S/c33-29-17-11-27(12-18-29)23-31(21-15-25-7-3-1-4-8-25)37(35,36)32(22-16-26-9-5-2-6-10-26)24-28-13-19-30(34)20-14-28/h1-24H. The Morgan fingerprint density at radius 1 is 0.486 bits per heavy atom. The smallest absolute Gasteiger partial charge is 0.206 e. The van der Waals surface area contributed by atoms with Gasteiger partial charge in [-0.05, 0) is 70.8 Å². The Kier molecular flexibility index (Phi) is 9.29. The minimum atomic E-state index is -3.89. The van der Waals surface area contributed by atoms with Crippen molar-refractivity contribution in [2.75, 3.05) is 0 Å². The topological polar surface area (TPSA) is 34.1 Å². The van der Waals surface area contributed by atoms with Crippen LogP contribution in [0.2, 0.25) is 0 Å². The fourth-order valence-electron chi connectivity index (χ4n) is 3.50. The zero-order valence-electron chi connectivity index (χ0n) is 19.8. The van der Waals surface area contributed by atoms with E-state index in [0.717, 1.165) is 31.2 Å². The van der Waals surface area contributed by atoms with Gasteiger partial charge in [-0.1, -0.05) is 129 Å². The summed E-state index contributed by atoms with van der Waals surface area (Å²) in [7, 11) is -3.89. The van der Waals surface area contributed by atoms with Gasteiger partial charge in [-0.25, -0.2) is 8.42 Å². The second-order valence-corrected chi connectivity index (χ2v) is 12.0. The molecule has 0 N–H and O–H groups in total. The minimum Gasteiger partial charge on any atom is -0.219 e. The largest absolute Gasteiger partial charge is 0.219 e. The Hall–Kier alpha value is -3.25. The number of sulfone groups is 1. The lowest BCUT2D eigenvalue weighted by atomic mass is 10.2. The van der Waals surface area contributed by atoms with Crippen molar-refractivity contribution in [3.05, 3.63) is 162 Å². The molecule has 0 spiro atoms. The van der Waals surface area contributed by atoms with Crippen LogP contribution in [0.15, 0.2) is 140 Å². The highest BCUT2D eigenvalue weighted by Gasteiger charge is 2.20. The average molecular weight is 632 g/mol. The molecule has 4 aromatic carbocycles. The van der Waals surface area contributed by atoms with Crippen LogP contribution >= 0.6 is 31.9 Å². The molecule has 0 saturated carbocycles. The van der Waals surface area contributed by atoms with Gasteiger partial charge in [0.2, 0.25) is 9.84 Å². The summed E-state index contributed by atoms with van der Waals surface area (Å²) < 4.78 is 30.2. The van der Waals surface area contributed by atoms with E-state index in [1.165, 1.54) is 0 Å². The van der Waals surface area contributed by atoms with Crippen LogP contribution < -0.4 is 0 Å². The molecule has 0 fully saturated rings. The van der Waals surface area contributed by atoms with Crippen molar-refractivity contribution >= 4 is 66.0 Å². The Morgan fingerprint density at radius 3 is 1.19 bits per heavy atom. The molecule has 4 rings (SSSR count). The summed E-state index contributed by atoms with van der Waals surface area (Å²) in [5.41, 5.74) is 3.40. The molecule has 5 heteroatoms. The van der Waals surface area contributed by atoms with Gasteiger partial charge >= 0.3 is 0 Å². The number of allylic oxidation sites excluding steroid dienone is 2. The first kappa shape index (κ1) is 26.8. The molecule has 0 saturated heterocycles. The third kappa shape index (κ3) is 7.86. The molecule has 0 bridgehead atoms. The van der Waals surface area contributed by atoms with E-state index in [9.17, 15) is 8.42 Å². The molecule has 0 heterocycles. The van der Waals surface area contributed by atoms with E-state index in [2.05, 4.69) is 31.9 Å². The summed E-state index contributed by atoms with van der Waals surface area (Å²) in [6.07, 6.45) is 10.4. The monoisotopic (exact) mass is 630 g/mol. The lowest BCUT2D eigenvalue weighted by Crippen LogP contribution is -2.05. The molecule has 0 atom stereocenters. The van der Waals surface area contributed by atoms with E-state index in [-0.39, 0.29) is 9.81 Å². The van der Waals surface area contributed by atoms with Crippen molar-refractivity contribution in [2.45, 2.75) is 0 Å². The van der Waals surface area contributed by atoms with E-state index in [1.54, 1.807) is 24.3 Å². The first-order valence-corrected chi connectivity index (χ1v) is 14.6. The Morgan fingerprint density at radius 2 is 0.838 bits per heavy atom. The van der Waals surface area contributed by atoms with Crippen molar-refractivity contribution in [2.24, 2.45) is 0 Å². The van der Waals surface area contributed by atoms with Crippen LogP contribution in [-0.4, -0.2) is 8.42 Å². The summed E-state index contributed by atoms with van der Waals surface area (Å²) in [5, 5.41) is 0. The van der Waals surface area contributed by atoms with E-state index in [1.807, 2.05) is 121 Å². The van der Waals surface area contributed by atoms with E-state index >= 15 is 0 Å². The van der Waals surface area contributed by atoms with Crippen molar-refractivity contribution in [1.82, 2.24) is 0 Å². The molecule has 0 aromatic heterocycles. The molecule has 0 aliphatic heterocycles. The third-order valence-corrected chi connectivity index (χ3v) is 8.26.